The zero-order valence-corrected chi connectivity index (χ0v) is 14.9. The predicted molar refractivity (Wildman–Crippen MR) is 94.6 cm³/mol. The molecule has 0 aliphatic carbocycles. The zero-order chi connectivity index (χ0) is 17.3. The van der Waals surface area contributed by atoms with Gasteiger partial charge < -0.3 is 19.3 Å². The quantitative estimate of drug-likeness (QED) is 0.823. The van der Waals surface area contributed by atoms with Crippen molar-refractivity contribution in [2.24, 2.45) is 5.92 Å². The Hall–Kier alpha value is -1.66. The van der Waals surface area contributed by atoms with Crippen LogP contribution in [0.2, 0.25) is 0 Å². The second-order valence-electron chi connectivity index (χ2n) is 7.49. The molecular formula is C19H27N3O3. The summed E-state index contributed by atoms with van der Waals surface area (Å²) in [5.74, 6) is 0.284. The van der Waals surface area contributed by atoms with E-state index in [9.17, 15) is 4.79 Å². The highest BCUT2D eigenvalue weighted by Gasteiger charge is 2.39. The first-order chi connectivity index (χ1) is 12.2. The lowest BCUT2D eigenvalue weighted by atomic mass is 10.00. The molecule has 0 bridgehead atoms. The summed E-state index contributed by atoms with van der Waals surface area (Å²) in [7, 11) is 0. The average molecular weight is 345 g/mol. The summed E-state index contributed by atoms with van der Waals surface area (Å²) in [5.41, 5.74) is 1.62. The van der Waals surface area contributed by atoms with E-state index in [2.05, 4.69) is 16.8 Å². The fourth-order valence-electron chi connectivity index (χ4n) is 4.13. The molecule has 4 rings (SSSR count). The Bertz CT molecular complexity index is 603. The van der Waals surface area contributed by atoms with Gasteiger partial charge in [-0.3, -0.25) is 4.79 Å². The van der Waals surface area contributed by atoms with E-state index in [1.165, 1.54) is 6.42 Å². The molecule has 6 heteroatoms. The Morgan fingerprint density at radius 2 is 1.96 bits per heavy atom. The van der Waals surface area contributed by atoms with Gasteiger partial charge >= 0.3 is 0 Å². The molecule has 25 heavy (non-hydrogen) atoms. The molecule has 4 heterocycles. The minimum Gasteiger partial charge on any atom is -0.370 e. The Morgan fingerprint density at radius 1 is 1.20 bits per heavy atom. The SMILES string of the molecule is CC1CCCN(C(=O)c2ccc(N3CCC4(CC3)OCCO4)cn2)C1. The van der Waals surface area contributed by atoms with Crippen LogP contribution in [0.4, 0.5) is 5.69 Å². The number of hydrogen-bond donors (Lipinski definition) is 0. The van der Waals surface area contributed by atoms with Crippen LogP contribution in [0, 0.1) is 5.92 Å². The number of pyridine rings is 1. The number of piperidine rings is 2. The number of carbonyl (C=O) groups is 1. The van der Waals surface area contributed by atoms with Crippen molar-refractivity contribution in [1.82, 2.24) is 9.88 Å². The molecule has 0 radical (unpaired) electrons. The topological polar surface area (TPSA) is 54.9 Å². The third-order valence-corrected chi connectivity index (χ3v) is 5.62. The Balaban J connectivity index is 1.38. The predicted octanol–water partition coefficient (Wildman–Crippen LogP) is 2.30. The van der Waals surface area contributed by atoms with Crippen molar-refractivity contribution < 1.29 is 14.3 Å². The summed E-state index contributed by atoms with van der Waals surface area (Å²) < 4.78 is 11.6. The van der Waals surface area contributed by atoms with Crippen molar-refractivity contribution in [3.05, 3.63) is 24.0 Å². The van der Waals surface area contributed by atoms with Gasteiger partial charge in [-0.2, -0.15) is 0 Å². The van der Waals surface area contributed by atoms with E-state index >= 15 is 0 Å². The first-order valence-corrected chi connectivity index (χ1v) is 9.43. The van der Waals surface area contributed by atoms with Gasteiger partial charge in [0.2, 0.25) is 0 Å². The van der Waals surface area contributed by atoms with E-state index in [4.69, 9.17) is 9.47 Å². The molecule has 6 nitrogen and oxygen atoms in total. The van der Waals surface area contributed by atoms with Crippen molar-refractivity contribution in [2.45, 2.75) is 38.4 Å². The second kappa shape index (κ2) is 6.92. The molecule has 0 N–H and O–H groups in total. The van der Waals surface area contributed by atoms with Gasteiger partial charge in [0.1, 0.15) is 5.69 Å². The third-order valence-electron chi connectivity index (χ3n) is 5.62. The number of aromatic nitrogens is 1. The van der Waals surface area contributed by atoms with Crippen LogP contribution in [0.1, 0.15) is 43.1 Å². The van der Waals surface area contributed by atoms with Gasteiger partial charge in [0.25, 0.3) is 5.91 Å². The number of amides is 1. The molecule has 136 valence electrons. The van der Waals surface area contributed by atoms with E-state index < -0.39 is 0 Å². The van der Waals surface area contributed by atoms with Crippen LogP contribution in [-0.2, 0) is 9.47 Å². The first-order valence-electron chi connectivity index (χ1n) is 9.43. The summed E-state index contributed by atoms with van der Waals surface area (Å²) in [5, 5.41) is 0. The smallest absolute Gasteiger partial charge is 0.272 e. The molecule has 3 fully saturated rings. The van der Waals surface area contributed by atoms with E-state index in [0.717, 1.165) is 51.1 Å². The molecule has 1 aromatic rings. The van der Waals surface area contributed by atoms with E-state index in [0.29, 0.717) is 24.8 Å². The first kappa shape index (κ1) is 16.8. The monoisotopic (exact) mass is 345 g/mol. The maximum atomic E-state index is 12.6. The van der Waals surface area contributed by atoms with Gasteiger partial charge in [-0.1, -0.05) is 6.92 Å². The molecule has 1 aromatic heterocycles. The maximum Gasteiger partial charge on any atom is 0.272 e. The number of anilines is 1. The highest BCUT2D eigenvalue weighted by Crippen LogP contribution is 2.33. The molecule has 1 spiro atoms. The Labute approximate surface area is 149 Å². The highest BCUT2D eigenvalue weighted by atomic mass is 16.7. The number of likely N-dealkylation sites (tertiary alicyclic amines) is 1. The molecule has 1 atom stereocenters. The van der Waals surface area contributed by atoms with E-state index in [-0.39, 0.29) is 11.7 Å². The number of hydrogen-bond acceptors (Lipinski definition) is 5. The number of carbonyl (C=O) groups excluding carboxylic acids is 1. The molecule has 3 saturated heterocycles. The molecule has 3 aliphatic rings. The van der Waals surface area contributed by atoms with Crippen LogP contribution in [0.25, 0.3) is 0 Å². The van der Waals surface area contributed by atoms with Crippen molar-refractivity contribution >= 4 is 11.6 Å². The van der Waals surface area contributed by atoms with Crippen LogP contribution in [-0.4, -0.2) is 61.0 Å². The average Bonchev–Trinajstić information content (AvgIpc) is 3.10. The summed E-state index contributed by atoms with van der Waals surface area (Å²) in [6.45, 7) is 7.08. The third kappa shape index (κ3) is 3.51. The fraction of sp³-hybridized carbons (Fsp3) is 0.684. The zero-order valence-electron chi connectivity index (χ0n) is 14.9. The highest BCUT2D eigenvalue weighted by molar-refractivity contribution is 5.92. The van der Waals surface area contributed by atoms with Gasteiger partial charge in [-0.25, -0.2) is 4.98 Å². The lowest BCUT2D eigenvalue weighted by molar-refractivity contribution is -0.169. The summed E-state index contributed by atoms with van der Waals surface area (Å²) >= 11 is 0. The standard InChI is InChI=1S/C19H27N3O3/c1-15-3-2-8-22(14-15)18(23)17-5-4-16(13-20-17)21-9-6-19(7-10-21)24-11-12-25-19/h4-5,13,15H,2-3,6-12,14H2,1H3. The van der Waals surface area contributed by atoms with Crippen LogP contribution >= 0.6 is 0 Å². The number of rotatable bonds is 2. The van der Waals surface area contributed by atoms with Crippen molar-refractivity contribution in [3.63, 3.8) is 0 Å². The van der Waals surface area contributed by atoms with Crippen molar-refractivity contribution in [3.8, 4) is 0 Å². The Morgan fingerprint density at radius 3 is 2.60 bits per heavy atom. The maximum absolute atomic E-state index is 12.6. The second-order valence-corrected chi connectivity index (χ2v) is 7.49. The minimum absolute atomic E-state index is 0.0588. The molecule has 1 amide bonds. The van der Waals surface area contributed by atoms with Gasteiger partial charge in [-0.15, -0.1) is 0 Å². The van der Waals surface area contributed by atoms with E-state index in [1.54, 1.807) is 0 Å². The largest absolute Gasteiger partial charge is 0.370 e. The number of ether oxygens (including phenoxy) is 2. The summed E-state index contributed by atoms with van der Waals surface area (Å²) in [6, 6.07) is 3.88. The molecule has 0 saturated carbocycles. The summed E-state index contributed by atoms with van der Waals surface area (Å²) in [4.78, 5) is 21.3. The Kier molecular flexibility index (Phi) is 4.65. The molecule has 0 aromatic carbocycles. The van der Waals surface area contributed by atoms with Crippen molar-refractivity contribution in [2.75, 3.05) is 44.3 Å². The lowest BCUT2D eigenvalue weighted by Gasteiger charge is -2.38. The van der Waals surface area contributed by atoms with Crippen LogP contribution in [0.3, 0.4) is 0 Å². The van der Waals surface area contributed by atoms with Crippen LogP contribution < -0.4 is 4.90 Å². The van der Waals surface area contributed by atoms with Crippen LogP contribution in [0.5, 0.6) is 0 Å². The fourth-order valence-corrected chi connectivity index (χ4v) is 4.13. The van der Waals surface area contributed by atoms with Gasteiger partial charge in [0, 0.05) is 39.0 Å². The number of nitrogens with zero attached hydrogens (tertiary/aromatic N) is 3. The minimum atomic E-state index is -0.356. The molecule has 3 aliphatic heterocycles. The van der Waals surface area contributed by atoms with Gasteiger partial charge in [-0.05, 0) is 30.9 Å². The molecule has 1 unspecified atom stereocenters. The van der Waals surface area contributed by atoms with Gasteiger partial charge in [0.15, 0.2) is 5.79 Å². The van der Waals surface area contributed by atoms with Gasteiger partial charge in [0.05, 0.1) is 25.1 Å². The van der Waals surface area contributed by atoms with E-state index in [1.807, 2.05) is 23.2 Å². The van der Waals surface area contributed by atoms with Crippen LogP contribution in [0.15, 0.2) is 18.3 Å². The molecular weight excluding hydrogens is 318 g/mol. The van der Waals surface area contributed by atoms with Crippen molar-refractivity contribution in [1.29, 1.82) is 0 Å². The normalized spacial score (nSPS) is 26.2. The lowest BCUT2D eigenvalue weighted by Crippen LogP contribution is -2.45. The summed E-state index contributed by atoms with van der Waals surface area (Å²) in [6.07, 6.45) is 5.87.